The molecule has 0 spiro atoms. The number of carbonyl (C=O) groups is 2. The molecule has 5 rings (SSSR count). The monoisotopic (exact) mass is 484 g/mol. The molecule has 0 saturated carbocycles. The van der Waals surface area contributed by atoms with E-state index in [0.717, 1.165) is 32.8 Å². The van der Waals surface area contributed by atoms with Gasteiger partial charge in [0.25, 0.3) is 5.91 Å². The lowest BCUT2D eigenvalue weighted by molar-refractivity contribution is -0.133. The van der Waals surface area contributed by atoms with Crippen molar-refractivity contribution in [3.63, 3.8) is 0 Å². The maximum absolute atomic E-state index is 13.8. The van der Waals surface area contributed by atoms with E-state index in [-0.39, 0.29) is 18.4 Å². The van der Waals surface area contributed by atoms with Crippen LogP contribution in [0.3, 0.4) is 0 Å². The van der Waals surface area contributed by atoms with Gasteiger partial charge in [-0.2, -0.15) is 5.10 Å². The Labute approximate surface area is 209 Å². The largest absolute Gasteiger partial charge is 0.350 e. The average molecular weight is 485 g/mol. The van der Waals surface area contributed by atoms with Crippen molar-refractivity contribution >= 4 is 23.2 Å². The Kier molecular flexibility index (Phi) is 6.03. The lowest BCUT2D eigenvalue weighted by Gasteiger charge is -2.43. The van der Waals surface area contributed by atoms with Gasteiger partial charge in [-0.25, -0.2) is 0 Å². The topological polar surface area (TPSA) is 67.2 Å². The number of fused-ring (bicyclic) bond motifs is 1. The molecule has 178 valence electrons. The van der Waals surface area contributed by atoms with Crippen LogP contribution in [0.1, 0.15) is 39.7 Å². The van der Waals surface area contributed by atoms with Crippen LogP contribution < -0.4 is 5.32 Å². The number of amides is 2. The van der Waals surface area contributed by atoms with Crippen LogP contribution in [0.5, 0.6) is 0 Å². The van der Waals surface area contributed by atoms with E-state index in [0.29, 0.717) is 18.8 Å². The van der Waals surface area contributed by atoms with Gasteiger partial charge in [0.15, 0.2) is 0 Å². The summed E-state index contributed by atoms with van der Waals surface area (Å²) in [6, 6.07) is 21.9. The third kappa shape index (κ3) is 4.51. The van der Waals surface area contributed by atoms with Crippen LogP contribution >= 0.6 is 11.3 Å². The summed E-state index contributed by atoms with van der Waals surface area (Å²) in [5.41, 5.74) is 4.42. The summed E-state index contributed by atoms with van der Waals surface area (Å²) in [6.45, 7) is 6.91. The maximum Gasteiger partial charge on any atom is 0.273 e. The van der Waals surface area contributed by atoms with E-state index in [1.165, 1.54) is 0 Å². The van der Waals surface area contributed by atoms with E-state index in [9.17, 15) is 9.59 Å². The van der Waals surface area contributed by atoms with Gasteiger partial charge in [0, 0.05) is 13.1 Å². The Morgan fingerprint density at radius 2 is 1.74 bits per heavy atom. The van der Waals surface area contributed by atoms with E-state index in [1.54, 1.807) is 20.9 Å². The van der Waals surface area contributed by atoms with Gasteiger partial charge < -0.3 is 10.2 Å². The summed E-state index contributed by atoms with van der Waals surface area (Å²) in [5, 5.41) is 9.77. The fourth-order valence-corrected chi connectivity index (χ4v) is 5.30. The van der Waals surface area contributed by atoms with E-state index in [2.05, 4.69) is 17.4 Å². The minimum atomic E-state index is -1.10. The van der Waals surface area contributed by atoms with E-state index < -0.39 is 5.54 Å². The standard InChI is InChI=1S/C28H28N4O2S/c1-19-7-4-9-21(13-19)16-29-27(34)28(3)18-32-24(15-23(30-32)25-11-6-12-35-25)26(33)31(28)17-22-10-5-8-20(2)14-22/h4-15H,16-18H2,1-3H3,(H,29,34). The van der Waals surface area contributed by atoms with Gasteiger partial charge in [0.1, 0.15) is 16.9 Å². The molecule has 1 N–H and O–H groups in total. The number of aryl methyl sites for hydroxylation is 2. The molecule has 0 aliphatic carbocycles. The number of thiophene rings is 1. The van der Waals surface area contributed by atoms with Gasteiger partial charge in [0.05, 0.1) is 11.4 Å². The highest BCUT2D eigenvalue weighted by Crippen LogP contribution is 2.32. The highest BCUT2D eigenvalue weighted by Gasteiger charge is 2.48. The molecule has 1 unspecified atom stereocenters. The number of hydrogen-bond acceptors (Lipinski definition) is 4. The lowest BCUT2D eigenvalue weighted by atomic mass is 9.93. The zero-order valence-electron chi connectivity index (χ0n) is 20.1. The van der Waals surface area contributed by atoms with Crippen molar-refractivity contribution in [2.45, 2.75) is 45.9 Å². The first-order valence-electron chi connectivity index (χ1n) is 11.7. The maximum atomic E-state index is 13.8. The third-order valence-electron chi connectivity index (χ3n) is 6.52. The molecule has 0 bridgehead atoms. The number of aromatic nitrogens is 2. The molecule has 2 aromatic heterocycles. The molecular formula is C28H28N4O2S. The number of nitrogens with zero attached hydrogens (tertiary/aromatic N) is 3. The van der Waals surface area contributed by atoms with Gasteiger partial charge in [0.2, 0.25) is 5.91 Å². The zero-order valence-corrected chi connectivity index (χ0v) is 20.9. The predicted octanol–water partition coefficient (Wildman–Crippen LogP) is 4.96. The minimum Gasteiger partial charge on any atom is -0.350 e. The highest BCUT2D eigenvalue weighted by atomic mass is 32.1. The molecule has 1 aliphatic rings. The predicted molar refractivity (Wildman–Crippen MR) is 138 cm³/mol. The molecular weight excluding hydrogens is 456 g/mol. The van der Waals surface area contributed by atoms with Crippen LogP contribution in [0, 0.1) is 13.8 Å². The Hall–Kier alpha value is -3.71. The molecule has 7 heteroatoms. The van der Waals surface area contributed by atoms with Crippen LogP contribution in [0.25, 0.3) is 10.6 Å². The second kappa shape index (κ2) is 9.15. The fourth-order valence-electron chi connectivity index (χ4n) is 4.62. The second-order valence-corrected chi connectivity index (χ2v) is 10.3. The number of nitrogens with one attached hydrogen (secondary N) is 1. The Bertz CT molecular complexity index is 1390. The summed E-state index contributed by atoms with van der Waals surface area (Å²) in [7, 11) is 0. The van der Waals surface area contributed by atoms with E-state index in [1.807, 2.05) is 80.7 Å². The first-order chi connectivity index (χ1) is 16.8. The highest BCUT2D eigenvalue weighted by molar-refractivity contribution is 7.13. The molecule has 4 aromatic rings. The molecule has 2 aromatic carbocycles. The summed E-state index contributed by atoms with van der Waals surface area (Å²) >= 11 is 1.58. The van der Waals surface area contributed by atoms with Crippen LogP contribution in [0.4, 0.5) is 0 Å². The van der Waals surface area contributed by atoms with Crippen LogP contribution in [-0.2, 0) is 24.4 Å². The molecule has 0 fully saturated rings. The third-order valence-corrected chi connectivity index (χ3v) is 7.41. The first-order valence-corrected chi connectivity index (χ1v) is 12.5. The summed E-state index contributed by atoms with van der Waals surface area (Å²) < 4.78 is 1.69. The molecule has 6 nitrogen and oxygen atoms in total. The van der Waals surface area contributed by atoms with Crippen molar-refractivity contribution in [1.82, 2.24) is 20.0 Å². The fraction of sp³-hybridized carbons (Fsp3) is 0.250. The van der Waals surface area contributed by atoms with E-state index >= 15 is 0 Å². The van der Waals surface area contributed by atoms with Crippen molar-refractivity contribution in [1.29, 1.82) is 0 Å². The molecule has 35 heavy (non-hydrogen) atoms. The van der Waals surface area contributed by atoms with Gasteiger partial charge in [-0.1, -0.05) is 65.7 Å². The molecule has 1 aliphatic heterocycles. The Balaban J connectivity index is 1.49. The number of hydrogen-bond donors (Lipinski definition) is 1. The smallest absolute Gasteiger partial charge is 0.273 e. The Morgan fingerprint density at radius 1 is 1.03 bits per heavy atom. The van der Waals surface area contributed by atoms with Crippen LogP contribution in [-0.4, -0.2) is 32.0 Å². The van der Waals surface area contributed by atoms with Gasteiger partial charge >= 0.3 is 0 Å². The van der Waals surface area contributed by atoms with Crippen molar-refractivity contribution in [2.24, 2.45) is 0 Å². The summed E-state index contributed by atoms with van der Waals surface area (Å²) in [5.74, 6) is -0.389. The normalized spacial score (nSPS) is 17.3. The van der Waals surface area contributed by atoms with Gasteiger partial charge in [-0.3, -0.25) is 14.3 Å². The Morgan fingerprint density at radius 3 is 2.43 bits per heavy atom. The summed E-state index contributed by atoms with van der Waals surface area (Å²) in [4.78, 5) is 30.2. The number of benzene rings is 2. The molecule has 3 heterocycles. The first kappa shape index (κ1) is 23.1. The SMILES string of the molecule is Cc1cccc(CNC(=O)C2(C)Cn3nc(-c4cccs4)cc3C(=O)N2Cc2cccc(C)c2)c1. The van der Waals surface area contributed by atoms with E-state index in [4.69, 9.17) is 5.10 Å². The molecule has 1 atom stereocenters. The minimum absolute atomic E-state index is 0.193. The molecule has 0 saturated heterocycles. The number of rotatable bonds is 6. The van der Waals surface area contributed by atoms with Gasteiger partial charge in [-0.15, -0.1) is 11.3 Å². The van der Waals surface area contributed by atoms with Crippen molar-refractivity contribution in [3.8, 4) is 10.6 Å². The average Bonchev–Trinajstić information content (AvgIpc) is 3.50. The van der Waals surface area contributed by atoms with Crippen LogP contribution in [0.2, 0.25) is 0 Å². The lowest BCUT2D eigenvalue weighted by Crippen LogP contribution is -2.63. The van der Waals surface area contributed by atoms with Gasteiger partial charge in [-0.05, 0) is 49.4 Å². The number of carbonyl (C=O) groups excluding carboxylic acids is 2. The quantitative estimate of drug-likeness (QED) is 0.421. The zero-order chi connectivity index (χ0) is 24.6. The molecule has 0 radical (unpaired) electrons. The second-order valence-electron chi connectivity index (χ2n) is 9.38. The summed E-state index contributed by atoms with van der Waals surface area (Å²) in [6.07, 6.45) is 0. The molecule has 2 amide bonds. The van der Waals surface area contributed by atoms with Crippen LogP contribution in [0.15, 0.2) is 72.1 Å². The van der Waals surface area contributed by atoms with Crippen molar-refractivity contribution in [3.05, 3.63) is 100 Å². The van der Waals surface area contributed by atoms with Crippen molar-refractivity contribution < 1.29 is 9.59 Å². The van der Waals surface area contributed by atoms with Crippen molar-refractivity contribution in [2.75, 3.05) is 0 Å².